The highest BCUT2D eigenvalue weighted by Gasteiger charge is 2.56. The van der Waals surface area contributed by atoms with Crippen molar-refractivity contribution in [2.45, 2.75) is 12.3 Å². The van der Waals surface area contributed by atoms with Crippen LogP contribution in [-0.2, 0) is 27.9 Å². The number of hydrogen-bond acceptors (Lipinski definition) is 4. The van der Waals surface area contributed by atoms with Crippen molar-refractivity contribution in [3.8, 4) is 11.1 Å². The van der Waals surface area contributed by atoms with E-state index in [1.165, 1.54) is 11.0 Å². The summed E-state index contributed by atoms with van der Waals surface area (Å²) >= 11 is 0. The van der Waals surface area contributed by atoms with Crippen molar-refractivity contribution < 1.29 is 18.7 Å². The van der Waals surface area contributed by atoms with E-state index in [4.69, 9.17) is 9.47 Å². The second-order valence-electron chi connectivity index (χ2n) is 6.34. The zero-order valence-corrected chi connectivity index (χ0v) is 14.4. The van der Waals surface area contributed by atoms with Crippen LogP contribution in [0, 0.1) is 5.82 Å². The normalized spacial score (nSPS) is 19.2. The maximum atomic E-state index is 14.6. The average molecular weight is 355 g/mol. The molecule has 2 aromatic rings. The summed E-state index contributed by atoms with van der Waals surface area (Å²) in [6, 6.07) is 4.89. The van der Waals surface area contributed by atoms with Crippen LogP contribution in [0.5, 0.6) is 0 Å². The summed E-state index contributed by atoms with van der Waals surface area (Å²) in [7, 11) is 1.80. The molecule has 134 valence electrons. The van der Waals surface area contributed by atoms with Crippen molar-refractivity contribution in [1.29, 1.82) is 0 Å². The minimum Gasteiger partial charge on any atom is -0.336 e. The number of hydrogen-bond donors (Lipinski definition) is 0. The molecule has 0 unspecified atom stereocenters. The van der Waals surface area contributed by atoms with E-state index in [0.29, 0.717) is 35.6 Å². The van der Waals surface area contributed by atoms with Gasteiger partial charge in [-0.2, -0.15) is 5.10 Å². The van der Waals surface area contributed by atoms with E-state index < -0.39 is 17.5 Å². The predicted octanol–water partition coefficient (Wildman–Crippen LogP) is 2.38. The Morgan fingerprint density at radius 2 is 2.00 bits per heavy atom. The number of nitrogens with zero attached hydrogens (tertiary/aromatic N) is 3. The Bertz CT molecular complexity index is 928. The van der Waals surface area contributed by atoms with Crippen molar-refractivity contribution in [2.75, 3.05) is 13.2 Å². The van der Waals surface area contributed by atoms with Gasteiger partial charge >= 0.3 is 0 Å². The van der Waals surface area contributed by atoms with Crippen molar-refractivity contribution in [2.24, 2.45) is 7.05 Å². The van der Waals surface area contributed by atoms with E-state index in [-0.39, 0.29) is 6.54 Å². The van der Waals surface area contributed by atoms with Crippen LogP contribution >= 0.6 is 0 Å². The number of aryl methyl sites for hydroxylation is 1. The first-order chi connectivity index (χ1) is 12.4. The van der Waals surface area contributed by atoms with E-state index in [1.807, 2.05) is 6.20 Å². The monoisotopic (exact) mass is 355 g/mol. The highest BCUT2D eigenvalue weighted by Crippen LogP contribution is 2.42. The fourth-order valence-corrected chi connectivity index (χ4v) is 3.26. The van der Waals surface area contributed by atoms with Crippen LogP contribution in [0.2, 0.25) is 0 Å². The van der Waals surface area contributed by atoms with Gasteiger partial charge in [0, 0.05) is 35.6 Å². The molecule has 1 spiro atoms. The number of halogens is 1. The smallest absolute Gasteiger partial charge is 0.292 e. The second-order valence-corrected chi connectivity index (χ2v) is 6.34. The Kier molecular flexibility index (Phi) is 3.78. The molecule has 6 nitrogen and oxygen atoms in total. The van der Waals surface area contributed by atoms with Gasteiger partial charge in [-0.25, -0.2) is 4.39 Å². The molecule has 2 aliphatic heterocycles. The lowest BCUT2D eigenvalue weighted by Crippen LogP contribution is -2.41. The molecule has 0 saturated carbocycles. The number of amides is 1. The van der Waals surface area contributed by atoms with E-state index in [1.54, 1.807) is 30.1 Å². The van der Waals surface area contributed by atoms with Gasteiger partial charge < -0.3 is 14.4 Å². The topological polar surface area (TPSA) is 56.6 Å². The summed E-state index contributed by atoms with van der Waals surface area (Å²) in [5.74, 6) is -2.32. The van der Waals surface area contributed by atoms with Crippen molar-refractivity contribution in [1.82, 2.24) is 14.7 Å². The van der Waals surface area contributed by atoms with Gasteiger partial charge in [-0.05, 0) is 11.6 Å². The third-order valence-corrected chi connectivity index (χ3v) is 4.71. The summed E-state index contributed by atoms with van der Waals surface area (Å²) < 4.78 is 27.3. The molecule has 3 heterocycles. The van der Waals surface area contributed by atoms with Crippen molar-refractivity contribution >= 4 is 5.91 Å². The fourth-order valence-electron chi connectivity index (χ4n) is 3.26. The molecule has 0 radical (unpaired) electrons. The number of aromatic nitrogens is 2. The van der Waals surface area contributed by atoms with Crippen molar-refractivity contribution in [3.63, 3.8) is 0 Å². The van der Waals surface area contributed by atoms with Gasteiger partial charge in [-0.15, -0.1) is 0 Å². The van der Waals surface area contributed by atoms with Crippen LogP contribution in [0.25, 0.3) is 11.1 Å². The first-order valence-electron chi connectivity index (χ1n) is 8.18. The van der Waals surface area contributed by atoms with Gasteiger partial charge in [0.25, 0.3) is 11.7 Å². The maximum absolute atomic E-state index is 14.6. The minimum atomic E-state index is -1.50. The number of rotatable bonds is 3. The van der Waals surface area contributed by atoms with Gasteiger partial charge in [0.15, 0.2) is 0 Å². The Morgan fingerprint density at radius 3 is 2.62 bits per heavy atom. The highest BCUT2D eigenvalue weighted by atomic mass is 19.1. The first kappa shape index (κ1) is 16.7. The summed E-state index contributed by atoms with van der Waals surface area (Å²) in [4.78, 5) is 14.1. The van der Waals surface area contributed by atoms with Gasteiger partial charge in [0.2, 0.25) is 0 Å². The lowest BCUT2D eigenvalue weighted by atomic mass is 10.1. The number of benzene rings is 1. The van der Waals surface area contributed by atoms with Gasteiger partial charge in [-0.3, -0.25) is 9.48 Å². The zero-order chi connectivity index (χ0) is 18.5. The third-order valence-electron chi connectivity index (χ3n) is 4.71. The summed E-state index contributed by atoms with van der Waals surface area (Å²) in [6.45, 7) is 8.41. The molecular formula is C19H18FN3O3. The number of ether oxygens (including phenoxy) is 2. The predicted molar refractivity (Wildman–Crippen MR) is 92.1 cm³/mol. The lowest BCUT2D eigenvalue weighted by Gasteiger charge is -2.21. The number of likely N-dealkylation sites (tertiary alicyclic amines) is 1. The lowest BCUT2D eigenvalue weighted by molar-refractivity contribution is -0.171. The summed E-state index contributed by atoms with van der Waals surface area (Å²) in [5.41, 5.74) is 2.66. The Labute approximate surface area is 150 Å². The molecular weight excluding hydrogens is 337 g/mol. The third kappa shape index (κ3) is 2.40. The van der Waals surface area contributed by atoms with Gasteiger partial charge in [0.1, 0.15) is 5.82 Å². The maximum Gasteiger partial charge on any atom is 0.292 e. The van der Waals surface area contributed by atoms with Crippen LogP contribution in [0.4, 0.5) is 4.39 Å². The zero-order valence-electron chi connectivity index (χ0n) is 14.4. The van der Waals surface area contributed by atoms with Crippen molar-refractivity contribution in [3.05, 3.63) is 66.4 Å². The minimum absolute atomic E-state index is 0.0321. The summed E-state index contributed by atoms with van der Waals surface area (Å²) in [5, 5.41) is 4.09. The molecule has 0 atom stereocenters. The molecule has 1 aromatic heterocycles. The highest BCUT2D eigenvalue weighted by molar-refractivity contribution is 5.95. The molecule has 2 fully saturated rings. The van der Waals surface area contributed by atoms with Crippen LogP contribution in [0.1, 0.15) is 5.56 Å². The molecule has 1 amide bonds. The average Bonchev–Trinajstić information content (AvgIpc) is 3.31. The number of carbonyl (C=O) groups is 1. The molecule has 2 aliphatic rings. The molecule has 4 rings (SSSR count). The van der Waals surface area contributed by atoms with E-state index >= 15 is 0 Å². The Hall–Kier alpha value is -2.77. The summed E-state index contributed by atoms with van der Waals surface area (Å²) in [6.07, 6.45) is 3.48. The molecule has 2 saturated heterocycles. The molecule has 7 heteroatoms. The van der Waals surface area contributed by atoms with E-state index in [2.05, 4.69) is 18.3 Å². The fraction of sp³-hybridized carbons (Fsp3) is 0.263. The van der Waals surface area contributed by atoms with Gasteiger partial charge in [0.05, 0.1) is 26.0 Å². The Balaban J connectivity index is 1.60. The van der Waals surface area contributed by atoms with Crippen LogP contribution in [-0.4, -0.2) is 39.6 Å². The second kappa shape index (κ2) is 5.89. The number of carbonyl (C=O) groups excluding carboxylic acids is 1. The first-order valence-corrected chi connectivity index (χ1v) is 8.18. The quantitative estimate of drug-likeness (QED) is 0.848. The van der Waals surface area contributed by atoms with E-state index in [0.717, 1.165) is 5.56 Å². The van der Waals surface area contributed by atoms with E-state index in [9.17, 15) is 9.18 Å². The Morgan fingerprint density at radius 1 is 1.27 bits per heavy atom. The largest absolute Gasteiger partial charge is 0.336 e. The molecule has 0 N–H and O–H groups in total. The standard InChI is InChI=1S/C19H18FN3O3/c1-12-13(2)23(18(24)19(12)25-6-7-26-19)11-15-5-4-14(8-17(15)20)16-9-21-22(3)10-16/h4-5,8-10H,1-2,6-7,11H2,3H3. The molecule has 0 bridgehead atoms. The van der Waals surface area contributed by atoms with Gasteiger partial charge in [-0.1, -0.05) is 25.3 Å². The molecule has 26 heavy (non-hydrogen) atoms. The SMILES string of the molecule is C=C1C(=C)C2(OCCO2)C(=O)N1Cc1ccc(-c2cnn(C)c2)cc1F. The van der Waals surface area contributed by atoms with Crippen LogP contribution in [0.3, 0.4) is 0 Å². The molecule has 0 aliphatic carbocycles. The van der Waals surface area contributed by atoms with Crippen LogP contribution in [0.15, 0.2) is 55.0 Å². The van der Waals surface area contributed by atoms with Crippen LogP contribution < -0.4 is 0 Å². The molecule has 1 aromatic carbocycles.